The number of halogens is 5. The average molecular weight is 429 g/mol. The van der Waals surface area contributed by atoms with Crippen molar-refractivity contribution in [3.8, 4) is 5.75 Å². The van der Waals surface area contributed by atoms with Gasteiger partial charge in [-0.05, 0) is 24.6 Å². The maximum atomic E-state index is 13.7. The third kappa shape index (κ3) is 3.58. The highest BCUT2D eigenvalue weighted by Gasteiger charge is 2.41. The van der Waals surface area contributed by atoms with Crippen LogP contribution in [0, 0.1) is 29.1 Å². The number of rotatable bonds is 4. The molecule has 0 N–H and O–H groups in total. The average Bonchev–Trinajstić information content (AvgIpc) is 2.72. The number of methoxy groups -OCH3 is 1. The van der Waals surface area contributed by atoms with Crippen LogP contribution in [0.15, 0.2) is 24.3 Å². The van der Waals surface area contributed by atoms with Crippen LogP contribution in [0.25, 0.3) is 0 Å². The van der Waals surface area contributed by atoms with E-state index in [9.17, 15) is 36.3 Å². The lowest BCUT2D eigenvalue weighted by Gasteiger charge is -2.39. The maximum absolute atomic E-state index is 13.7. The van der Waals surface area contributed by atoms with Crippen molar-refractivity contribution in [3.63, 3.8) is 0 Å². The molecule has 0 aromatic heterocycles. The number of benzene rings is 2. The lowest BCUT2D eigenvalue weighted by Crippen LogP contribution is -2.56. The van der Waals surface area contributed by atoms with Gasteiger partial charge in [-0.1, -0.05) is 6.07 Å². The minimum absolute atomic E-state index is 0.0200. The van der Waals surface area contributed by atoms with E-state index in [1.54, 1.807) is 0 Å². The molecule has 1 atom stereocenters. The monoisotopic (exact) mass is 429 g/mol. The van der Waals surface area contributed by atoms with Crippen molar-refractivity contribution < 1.29 is 45.8 Å². The molecule has 1 aliphatic rings. The number of esters is 2. The van der Waals surface area contributed by atoms with Crippen LogP contribution >= 0.6 is 0 Å². The molecule has 2 aromatic carbocycles. The standard InChI is InChI=1S/C19H12F5NO5/c1-29-18(27)9-4-2-3-8(7-9)17(26)25-6-5-10(25)19(28)30-16-14(23)12(21)11(20)13(22)15(16)24/h2-4,7,10H,5-6H2,1H3. The number of nitrogens with zero attached hydrogens (tertiary/aromatic N) is 1. The van der Waals surface area contributed by atoms with E-state index in [2.05, 4.69) is 9.47 Å². The molecule has 30 heavy (non-hydrogen) atoms. The van der Waals surface area contributed by atoms with Crippen molar-refractivity contribution in [1.82, 2.24) is 4.90 Å². The van der Waals surface area contributed by atoms with Gasteiger partial charge in [-0.15, -0.1) is 0 Å². The second kappa shape index (κ2) is 8.09. The van der Waals surface area contributed by atoms with Crippen LogP contribution in [-0.4, -0.2) is 42.4 Å². The number of ether oxygens (including phenoxy) is 2. The highest BCUT2D eigenvalue weighted by Crippen LogP contribution is 2.31. The molecule has 0 spiro atoms. The smallest absolute Gasteiger partial charge is 0.337 e. The summed E-state index contributed by atoms with van der Waals surface area (Å²) in [4.78, 5) is 37.4. The molecule has 0 aliphatic carbocycles. The minimum atomic E-state index is -2.39. The van der Waals surface area contributed by atoms with Crippen LogP contribution < -0.4 is 4.74 Å². The fraction of sp³-hybridized carbons (Fsp3) is 0.211. The first kappa shape index (κ1) is 21.2. The molecule has 1 aliphatic heterocycles. The lowest BCUT2D eigenvalue weighted by atomic mass is 10.0. The van der Waals surface area contributed by atoms with Crippen LogP contribution in [0.2, 0.25) is 0 Å². The molecule has 0 bridgehead atoms. The summed E-state index contributed by atoms with van der Waals surface area (Å²) >= 11 is 0. The molecule has 1 fully saturated rings. The highest BCUT2D eigenvalue weighted by atomic mass is 19.2. The zero-order valence-corrected chi connectivity index (χ0v) is 15.2. The van der Waals surface area contributed by atoms with Crippen LogP contribution in [0.3, 0.4) is 0 Å². The molecule has 3 rings (SSSR count). The van der Waals surface area contributed by atoms with Gasteiger partial charge in [0.2, 0.25) is 34.8 Å². The second-order valence-electron chi connectivity index (χ2n) is 6.20. The van der Waals surface area contributed by atoms with Gasteiger partial charge in [0.05, 0.1) is 12.7 Å². The molecule has 158 valence electrons. The molecule has 0 saturated carbocycles. The molecular formula is C19H12F5NO5. The second-order valence-corrected chi connectivity index (χ2v) is 6.20. The zero-order valence-electron chi connectivity index (χ0n) is 15.2. The summed E-state index contributed by atoms with van der Waals surface area (Å²) in [6.45, 7) is 0.0676. The fourth-order valence-electron chi connectivity index (χ4n) is 2.78. The third-order valence-corrected chi connectivity index (χ3v) is 4.46. The van der Waals surface area contributed by atoms with Crippen LogP contribution in [0.1, 0.15) is 27.1 Å². The van der Waals surface area contributed by atoms with Crippen molar-refractivity contribution >= 4 is 17.8 Å². The van der Waals surface area contributed by atoms with Gasteiger partial charge in [0, 0.05) is 12.1 Å². The van der Waals surface area contributed by atoms with Gasteiger partial charge in [-0.2, -0.15) is 8.78 Å². The first-order valence-corrected chi connectivity index (χ1v) is 8.39. The Balaban J connectivity index is 1.80. The Hall–Kier alpha value is -3.50. The van der Waals surface area contributed by atoms with Crippen molar-refractivity contribution in [2.45, 2.75) is 12.5 Å². The van der Waals surface area contributed by atoms with Gasteiger partial charge in [-0.25, -0.2) is 22.8 Å². The van der Waals surface area contributed by atoms with E-state index in [4.69, 9.17) is 0 Å². The molecule has 1 unspecified atom stereocenters. The first-order valence-electron chi connectivity index (χ1n) is 8.39. The fourth-order valence-corrected chi connectivity index (χ4v) is 2.78. The summed E-state index contributed by atoms with van der Waals surface area (Å²) in [7, 11) is 1.15. The van der Waals surface area contributed by atoms with E-state index in [0.29, 0.717) is 0 Å². The van der Waals surface area contributed by atoms with Crippen LogP contribution in [0.4, 0.5) is 22.0 Å². The van der Waals surface area contributed by atoms with Gasteiger partial charge in [0.15, 0.2) is 0 Å². The summed E-state index contributed by atoms with van der Waals surface area (Å²) in [5, 5.41) is 0. The van der Waals surface area contributed by atoms with Gasteiger partial charge in [-0.3, -0.25) is 4.79 Å². The minimum Gasteiger partial charge on any atom is -0.465 e. The third-order valence-electron chi connectivity index (χ3n) is 4.46. The zero-order chi connectivity index (χ0) is 22.2. The number of amides is 1. The largest absolute Gasteiger partial charge is 0.465 e. The number of hydrogen-bond donors (Lipinski definition) is 0. The number of likely N-dealkylation sites (tertiary alicyclic amines) is 1. The Labute approximate surface area is 165 Å². The van der Waals surface area contributed by atoms with Crippen molar-refractivity contribution in [2.24, 2.45) is 0 Å². The molecule has 1 saturated heterocycles. The van der Waals surface area contributed by atoms with Crippen molar-refractivity contribution in [2.75, 3.05) is 13.7 Å². The number of carbonyl (C=O) groups is 3. The summed E-state index contributed by atoms with van der Waals surface area (Å²) in [6, 6.07) is 4.07. The van der Waals surface area contributed by atoms with Crippen LogP contribution in [0.5, 0.6) is 5.75 Å². The van der Waals surface area contributed by atoms with E-state index in [-0.39, 0.29) is 24.1 Å². The van der Waals surface area contributed by atoms with E-state index >= 15 is 0 Å². The van der Waals surface area contributed by atoms with Crippen LogP contribution in [-0.2, 0) is 9.53 Å². The van der Waals surface area contributed by atoms with E-state index in [0.717, 1.165) is 12.0 Å². The number of carbonyl (C=O) groups excluding carboxylic acids is 3. The summed E-state index contributed by atoms with van der Waals surface area (Å²) < 4.78 is 75.9. The Kier molecular flexibility index (Phi) is 5.72. The topological polar surface area (TPSA) is 72.9 Å². The van der Waals surface area contributed by atoms with E-state index in [1.807, 2.05) is 0 Å². The van der Waals surface area contributed by atoms with Gasteiger partial charge >= 0.3 is 11.9 Å². The summed E-state index contributed by atoms with van der Waals surface area (Å²) in [6.07, 6.45) is 0.0384. The van der Waals surface area contributed by atoms with Gasteiger partial charge < -0.3 is 14.4 Å². The van der Waals surface area contributed by atoms with Crippen molar-refractivity contribution in [1.29, 1.82) is 0 Å². The summed E-state index contributed by atoms with van der Waals surface area (Å²) in [5.41, 5.74) is 0.0936. The van der Waals surface area contributed by atoms with Gasteiger partial charge in [0.1, 0.15) is 6.04 Å². The Bertz CT molecular complexity index is 1030. The molecule has 1 heterocycles. The van der Waals surface area contributed by atoms with Crippen molar-refractivity contribution in [3.05, 3.63) is 64.5 Å². The highest BCUT2D eigenvalue weighted by molar-refractivity contribution is 6.00. The Morgan fingerprint density at radius 1 is 0.933 bits per heavy atom. The molecule has 1 amide bonds. The molecule has 0 radical (unpaired) electrons. The molecular weight excluding hydrogens is 417 g/mol. The molecule has 6 nitrogen and oxygen atoms in total. The Morgan fingerprint density at radius 3 is 2.03 bits per heavy atom. The molecule has 2 aromatic rings. The first-order chi connectivity index (χ1) is 14.2. The summed E-state index contributed by atoms with van der Waals surface area (Å²) in [5.74, 6) is -16.1. The van der Waals surface area contributed by atoms with E-state index < -0.39 is 58.7 Å². The number of hydrogen-bond acceptors (Lipinski definition) is 5. The predicted octanol–water partition coefficient (Wildman–Crippen LogP) is 2.99. The quantitative estimate of drug-likeness (QED) is 0.246. The Morgan fingerprint density at radius 2 is 1.50 bits per heavy atom. The molecule has 11 heteroatoms. The van der Waals surface area contributed by atoms with Gasteiger partial charge in [0.25, 0.3) is 5.91 Å². The lowest BCUT2D eigenvalue weighted by molar-refractivity contribution is -0.143. The normalized spacial score (nSPS) is 15.4. The predicted molar refractivity (Wildman–Crippen MR) is 89.1 cm³/mol. The maximum Gasteiger partial charge on any atom is 0.337 e. The van der Waals surface area contributed by atoms with E-state index in [1.165, 1.54) is 24.3 Å². The SMILES string of the molecule is COC(=O)c1cccc(C(=O)N2CCC2C(=O)Oc2c(F)c(F)c(F)c(F)c2F)c1.